The van der Waals surface area contributed by atoms with Crippen molar-refractivity contribution < 1.29 is 17.9 Å². The Morgan fingerprint density at radius 2 is 1.83 bits per heavy atom. The minimum atomic E-state index is -4.47. The molecule has 1 saturated carbocycles. The SMILES string of the molecule is Cn1nc(C(F)(F)F)cc1OCc1ccc(C=C2CCN(C3CCC3)CC2)cc1. The number of ether oxygens (including phenoxy) is 1. The largest absolute Gasteiger partial charge is 0.473 e. The maximum atomic E-state index is 12.7. The molecule has 0 amide bonds. The first-order valence-electron chi connectivity index (χ1n) is 10.1. The van der Waals surface area contributed by atoms with E-state index < -0.39 is 11.9 Å². The summed E-state index contributed by atoms with van der Waals surface area (Å²) in [6.07, 6.45) is 4.15. The number of hydrogen-bond acceptors (Lipinski definition) is 3. The monoisotopic (exact) mass is 405 g/mol. The minimum absolute atomic E-state index is 0.0988. The summed E-state index contributed by atoms with van der Waals surface area (Å²) < 4.78 is 44.8. The van der Waals surface area contributed by atoms with Crippen molar-refractivity contribution >= 4 is 6.08 Å². The Morgan fingerprint density at radius 3 is 2.38 bits per heavy atom. The van der Waals surface area contributed by atoms with Crippen LogP contribution in [0.5, 0.6) is 5.88 Å². The van der Waals surface area contributed by atoms with Crippen LogP contribution < -0.4 is 4.74 Å². The van der Waals surface area contributed by atoms with Gasteiger partial charge in [0, 0.05) is 32.2 Å². The van der Waals surface area contributed by atoms with Crippen LogP contribution in [-0.4, -0.2) is 33.8 Å². The highest BCUT2D eigenvalue weighted by atomic mass is 19.4. The van der Waals surface area contributed by atoms with Crippen LogP contribution in [-0.2, 0) is 19.8 Å². The molecule has 156 valence electrons. The fraction of sp³-hybridized carbons (Fsp3) is 0.500. The number of alkyl halides is 3. The van der Waals surface area contributed by atoms with Gasteiger partial charge in [-0.05, 0) is 36.8 Å². The fourth-order valence-corrected chi connectivity index (χ4v) is 3.90. The molecular weight excluding hydrogens is 379 g/mol. The van der Waals surface area contributed by atoms with Crippen LogP contribution in [0.4, 0.5) is 13.2 Å². The van der Waals surface area contributed by atoms with Gasteiger partial charge in [-0.1, -0.05) is 42.3 Å². The molecule has 2 aliphatic rings. The zero-order valence-electron chi connectivity index (χ0n) is 16.6. The topological polar surface area (TPSA) is 30.3 Å². The molecule has 4 nitrogen and oxygen atoms in total. The van der Waals surface area contributed by atoms with Crippen LogP contribution >= 0.6 is 0 Å². The van der Waals surface area contributed by atoms with Crippen molar-refractivity contribution in [2.75, 3.05) is 13.1 Å². The van der Waals surface area contributed by atoms with Crippen molar-refractivity contribution in [1.82, 2.24) is 14.7 Å². The van der Waals surface area contributed by atoms with Gasteiger partial charge in [-0.2, -0.15) is 18.3 Å². The first kappa shape index (κ1) is 20.0. The molecule has 0 radical (unpaired) electrons. The summed E-state index contributed by atoms with van der Waals surface area (Å²) in [5.74, 6) is 0.0988. The number of benzene rings is 1. The van der Waals surface area contributed by atoms with Gasteiger partial charge in [0.1, 0.15) is 6.61 Å². The number of hydrogen-bond donors (Lipinski definition) is 0. The van der Waals surface area contributed by atoms with Gasteiger partial charge in [0.05, 0.1) is 0 Å². The quantitative estimate of drug-likeness (QED) is 0.697. The second kappa shape index (κ2) is 8.22. The summed E-state index contributed by atoms with van der Waals surface area (Å²) in [4.78, 5) is 2.63. The first-order chi connectivity index (χ1) is 13.9. The predicted molar refractivity (Wildman–Crippen MR) is 105 cm³/mol. The summed E-state index contributed by atoms with van der Waals surface area (Å²) in [5, 5.41) is 3.45. The minimum Gasteiger partial charge on any atom is -0.473 e. The van der Waals surface area contributed by atoms with Gasteiger partial charge >= 0.3 is 6.18 Å². The standard InChI is InChI=1S/C22H26F3N3O/c1-27-21(14-20(26-27)22(23,24)25)29-15-18-7-5-16(6-8-18)13-17-9-11-28(12-10-17)19-3-2-4-19/h5-8,13-14,19H,2-4,9-12,15H2,1H3. The number of likely N-dealkylation sites (tertiary alicyclic amines) is 1. The predicted octanol–water partition coefficient (Wildman–Crippen LogP) is 5.05. The lowest BCUT2D eigenvalue weighted by Crippen LogP contribution is -2.43. The van der Waals surface area contributed by atoms with E-state index in [-0.39, 0.29) is 12.5 Å². The molecule has 0 N–H and O–H groups in total. The zero-order valence-corrected chi connectivity index (χ0v) is 16.6. The summed E-state index contributed by atoms with van der Waals surface area (Å²) >= 11 is 0. The molecule has 2 fully saturated rings. The molecule has 1 aliphatic carbocycles. The highest BCUT2D eigenvalue weighted by molar-refractivity contribution is 5.53. The third-order valence-electron chi connectivity index (χ3n) is 5.90. The molecule has 0 unspecified atom stereocenters. The van der Waals surface area contributed by atoms with Gasteiger partial charge in [-0.3, -0.25) is 4.90 Å². The number of rotatable bonds is 5. The van der Waals surface area contributed by atoms with E-state index in [4.69, 9.17) is 4.74 Å². The summed E-state index contributed by atoms with van der Waals surface area (Å²) in [6, 6.07) is 9.73. The number of aryl methyl sites for hydroxylation is 1. The maximum absolute atomic E-state index is 12.7. The van der Waals surface area contributed by atoms with Crippen molar-refractivity contribution in [2.45, 2.75) is 50.9 Å². The van der Waals surface area contributed by atoms with E-state index in [9.17, 15) is 13.2 Å². The lowest BCUT2D eigenvalue weighted by Gasteiger charge is -2.40. The molecule has 29 heavy (non-hydrogen) atoms. The molecule has 1 aliphatic heterocycles. The number of piperidine rings is 1. The normalized spacial score (nSPS) is 18.6. The van der Waals surface area contributed by atoms with Gasteiger partial charge < -0.3 is 4.74 Å². The molecule has 0 bridgehead atoms. The third kappa shape index (κ3) is 4.83. The van der Waals surface area contributed by atoms with Crippen molar-refractivity contribution in [3.05, 3.63) is 52.7 Å². The average molecular weight is 405 g/mol. The molecule has 0 atom stereocenters. The van der Waals surface area contributed by atoms with Crippen LogP contribution in [0.25, 0.3) is 6.08 Å². The van der Waals surface area contributed by atoms with E-state index in [0.29, 0.717) is 0 Å². The van der Waals surface area contributed by atoms with Gasteiger partial charge in [0.25, 0.3) is 0 Å². The highest BCUT2D eigenvalue weighted by Crippen LogP contribution is 2.31. The van der Waals surface area contributed by atoms with E-state index in [1.807, 2.05) is 24.3 Å². The molecule has 1 saturated heterocycles. The van der Waals surface area contributed by atoms with Crippen LogP contribution in [0, 0.1) is 0 Å². The smallest absolute Gasteiger partial charge is 0.435 e. The molecule has 1 aromatic heterocycles. The van der Waals surface area contributed by atoms with Crippen LogP contribution in [0.1, 0.15) is 48.9 Å². The Labute approximate surface area is 169 Å². The Morgan fingerprint density at radius 1 is 1.14 bits per heavy atom. The highest BCUT2D eigenvalue weighted by Gasteiger charge is 2.35. The second-order valence-corrected chi connectivity index (χ2v) is 7.94. The molecule has 2 aromatic rings. The van der Waals surface area contributed by atoms with Crippen LogP contribution in [0.15, 0.2) is 35.9 Å². The second-order valence-electron chi connectivity index (χ2n) is 7.94. The van der Waals surface area contributed by atoms with Gasteiger partial charge in [0.2, 0.25) is 5.88 Å². The fourth-order valence-electron chi connectivity index (χ4n) is 3.90. The van der Waals surface area contributed by atoms with E-state index in [2.05, 4.69) is 16.1 Å². The Balaban J connectivity index is 1.31. The van der Waals surface area contributed by atoms with Crippen molar-refractivity contribution in [1.29, 1.82) is 0 Å². The van der Waals surface area contributed by atoms with Crippen molar-refractivity contribution in [3.8, 4) is 5.88 Å². The van der Waals surface area contributed by atoms with Gasteiger partial charge in [0.15, 0.2) is 5.69 Å². The van der Waals surface area contributed by atoms with E-state index in [1.54, 1.807) is 0 Å². The summed E-state index contributed by atoms with van der Waals surface area (Å²) in [5.41, 5.74) is 2.60. The number of nitrogens with zero attached hydrogens (tertiary/aromatic N) is 3. The van der Waals surface area contributed by atoms with Crippen LogP contribution in [0.3, 0.4) is 0 Å². The number of halogens is 3. The lowest BCUT2D eigenvalue weighted by molar-refractivity contribution is -0.141. The molecule has 2 heterocycles. The summed E-state index contributed by atoms with van der Waals surface area (Å²) in [7, 11) is 1.44. The first-order valence-corrected chi connectivity index (χ1v) is 10.1. The van der Waals surface area contributed by atoms with Crippen molar-refractivity contribution in [2.24, 2.45) is 7.05 Å². The van der Waals surface area contributed by atoms with Gasteiger partial charge in [-0.25, -0.2) is 4.68 Å². The molecule has 7 heteroatoms. The molecule has 1 aromatic carbocycles. The Kier molecular flexibility index (Phi) is 5.67. The van der Waals surface area contributed by atoms with E-state index in [0.717, 1.165) is 53.8 Å². The third-order valence-corrected chi connectivity index (χ3v) is 5.90. The van der Waals surface area contributed by atoms with E-state index in [1.165, 1.54) is 31.9 Å². The Hall–Kier alpha value is -2.28. The van der Waals surface area contributed by atoms with Crippen molar-refractivity contribution in [3.63, 3.8) is 0 Å². The van der Waals surface area contributed by atoms with E-state index >= 15 is 0 Å². The maximum Gasteiger partial charge on any atom is 0.435 e. The Bertz CT molecular complexity index is 856. The average Bonchev–Trinajstić information content (AvgIpc) is 3.03. The molecule has 4 rings (SSSR count). The molecule has 0 spiro atoms. The van der Waals surface area contributed by atoms with Gasteiger partial charge in [-0.15, -0.1) is 0 Å². The zero-order chi connectivity index (χ0) is 20.4. The lowest BCUT2D eigenvalue weighted by atomic mass is 9.89. The molecular formula is C22H26F3N3O. The van der Waals surface area contributed by atoms with Crippen LogP contribution in [0.2, 0.25) is 0 Å². The number of aromatic nitrogens is 2. The summed E-state index contributed by atoms with van der Waals surface area (Å²) in [6.45, 7) is 2.52.